The van der Waals surface area contributed by atoms with Crippen LogP contribution in [0.4, 0.5) is 4.39 Å². The maximum absolute atomic E-state index is 13.2. The van der Waals surface area contributed by atoms with E-state index in [-0.39, 0.29) is 23.7 Å². The Bertz CT molecular complexity index is 1120. The highest BCUT2D eigenvalue weighted by molar-refractivity contribution is 6.30. The van der Waals surface area contributed by atoms with Crippen molar-refractivity contribution in [2.75, 3.05) is 13.1 Å². The van der Waals surface area contributed by atoms with Gasteiger partial charge in [-0.1, -0.05) is 54.1 Å². The Kier molecular flexibility index (Phi) is 8.50. The first kappa shape index (κ1) is 24.9. The third-order valence-corrected chi connectivity index (χ3v) is 6.52. The van der Waals surface area contributed by atoms with E-state index in [0.717, 1.165) is 43.6 Å². The normalized spacial score (nSPS) is 15.4. The lowest BCUT2D eigenvalue weighted by atomic mass is 10.0. The summed E-state index contributed by atoms with van der Waals surface area (Å²) >= 11 is 5.94. The number of halogens is 2. The maximum Gasteiger partial charge on any atom is 0.251 e. The van der Waals surface area contributed by atoms with E-state index in [1.807, 2.05) is 30.3 Å². The van der Waals surface area contributed by atoms with Gasteiger partial charge in [0.15, 0.2) is 0 Å². The Labute approximate surface area is 210 Å². The lowest BCUT2D eigenvalue weighted by Crippen LogP contribution is -2.52. The number of hydrogen-bond donors (Lipinski definition) is 2. The quantitative estimate of drug-likeness (QED) is 0.482. The summed E-state index contributed by atoms with van der Waals surface area (Å²) in [7, 11) is 0. The summed E-state index contributed by atoms with van der Waals surface area (Å²) in [5.41, 5.74) is 2.49. The molecule has 0 spiro atoms. The number of hydrogen-bond acceptors (Lipinski definition) is 3. The molecule has 2 N–H and O–H groups in total. The van der Waals surface area contributed by atoms with Crippen LogP contribution in [-0.2, 0) is 17.8 Å². The number of nitrogens with one attached hydrogen (secondary N) is 2. The molecule has 5 nitrogen and oxygen atoms in total. The third-order valence-electron chi connectivity index (χ3n) is 6.26. The van der Waals surface area contributed by atoms with Gasteiger partial charge in [0.25, 0.3) is 5.91 Å². The van der Waals surface area contributed by atoms with E-state index < -0.39 is 6.04 Å². The monoisotopic (exact) mass is 493 g/mol. The predicted molar refractivity (Wildman–Crippen MR) is 136 cm³/mol. The zero-order chi connectivity index (χ0) is 24.6. The van der Waals surface area contributed by atoms with Crippen LogP contribution in [-0.4, -0.2) is 41.9 Å². The second-order valence-electron chi connectivity index (χ2n) is 8.91. The predicted octanol–water partition coefficient (Wildman–Crippen LogP) is 4.60. The van der Waals surface area contributed by atoms with E-state index in [1.54, 1.807) is 36.4 Å². The molecule has 35 heavy (non-hydrogen) atoms. The van der Waals surface area contributed by atoms with Crippen LogP contribution >= 0.6 is 11.6 Å². The van der Waals surface area contributed by atoms with Crippen molar-refractivity contribution in [3.05, 3.63) is 106 Å². The van der Waals surface area contributed by atoms with Crippen molar-refractivity contribution < 1.29 is 14.0 Å². The molecule has 0 aliphatic carbocycles. The zero-order valence-corrected chi connectivity index (χ0v) is 20.2. The van der Waals surface area contributed by atoms with Gasteiger partial charge >= 0.3 is 0 Å². The number of piperidine rings is 1. The Balaban J connectivity index is 1.35. The molecule has 1 aliphatic heterocycles. The zero-order valence-electron chi connectivity index (χ0n) is 19.4. The molecule has 1 unspecified atom stereocenters. The lowest BCUT2D eigenvalue weighted by molar-refractivity contribution is -0.124. The fraction of sp³-hybridized carbons (Fsp3) is 0.286. The molecule has 4 rings (SSSR count). The Morgan fingerprint density at radius 3 is 2.23 bits per heavy atom. The Morgan fingerprint density at radius 1 is 0.914 bits per heavy atom. The summed E-state index contributed by atoms with van der Waals surface area (Å²) in [5, 5.41) is 6.59. The highest BCUT2D eigenvalue weighted by Gasteiger charge is 2.26. The maximum atomic E-state index is 13.2. The van der Waals surface area contributed by atoms with Crippen LogP contribution in [0.25, 0.3) is 0 Å². The summed E-state index contributed by atoms with van der Waals surface area (Å²) < 4.78 is 13.1. The molecule has 0 bridgehead atoms. The molecular weight excluding hydrogens is 465 g/mol. The minimum absolute atomic E-state index is 0.0395. The molecular formula is C28H29ClFN3O2. The van der Waals surface area contributed by atoms with E-state index in [2.05, 4.69) is 15.5 Å². The summed E-state index contributed by atoms with van der Waals surface area (Å²) in [5.74, 6) is -0.733. The molecule has 1 aliphatic rings. The first-order valence-electron chi connectivity index (χ1n) is 11.8. The molecule has 3 aromatic rings. The smallest absolute Gasteiger partial charge is 0.251 e. The van der Waals surface area contributed by atoms with Crippen molar-refractivity contribution in [1.82, 2.24) is 15.5 Å². The molecule has 2 amide bonds. The van der Waals surface area contributed by atoms with Crippen LogP contribution < -0.4 is 10.6 Å². The second-order valence-corrected chi connectivity index (χ2v) is 9.34. The fourth-order valence-electron chi connectivity index (χ4n) is 4.29. The summed E-state index contributed by atoms with van der Waals surface area (Å²) in [6, 6.07) is 22.2. The molecule has 1 atom stereocenters. The largest absolute Gasteiger partial charge is 0.351 e. The molecule has 7 heteroatoms. The highest BCUT2D eigenvalue weighted by atomic mass is 35.5. The first-order chi connectivity index (χ1) is 17.0. The van der Waals surface area contributed by atoms with Gasteiger partial charge in [0, 0.05) is 42.7 Å². The molecule has 182 valence electrons. The van der Waals surface area contributed by atoms with Gasteiger partial charge in [-0.3, -0.25) is 14.5 Å². The minimum Gasteiger partial charge on any atom is -0.351 e. The van der Waals surface area contributed by atoms with Gasteiger partial charge in [-0.2, -0.15) is 0 Å². The average molecular weight is 494 g/mol. The van der Waals surface area contributed by atoms with Crippen LogP contribution in [0.5, 0.6) is 0 Å². The highest BCUT2D eigenvalue weighted by Crippen LogP contribution is 2.15. The van der Waals surface area contributed by atoms with Gasteiger partial charge in [-0.25, -0.2) is 4.39 Å². The van der Waals surface area contributed by atoms with Gasteiger partial charge in [-0.15, -0.1) is 0 Å². The van der Waals surface area contributed by atoms with Gasteiger partial charge in [-0.05, 0) is 60.4 Å². The molecule has 3 aromatic carbocycles. The van der Waals surface area contributed by atoms with Crippen molar-refractivity contribution in [2.24, 2.45) is 0 Å². The molecule has 0 saturated carbocycles. The summed E-state index contributed by atoms with van der Waals surface area (Å²) in [6.07, 6.45) is 2.03. The molecule has 1 heterocycles. The molecule has 1 fully saturated rings. The van der Waals surface area contributed by atoms with E-state index in [1.165, 1.54) is 12.1 Å². The van der Waals surface area contributed by atoms with Crippen molar-refractivity contribution in [2.45, 2.75) is 37.9 Å². The number of benzene rings is 3. The van der Waals surface area contributed by atoms with E-state index >= 15 is 0 Å². The van der Waals surface area contributed by atoms with Crippen LogP contribution in [0.3, 0.4) is 0 Å². The number of likely N-dealkylation sites (tertiary alicyclic amines) is 1. The standard InChI is InChI=1S/C28H29ClFN3O2/c29-23-10-8-22(9-11-23)27(34)32-26(18-20-4-2-1-3-5-20)28(35)31-25-14-16-33(17-15-25)19-21-6-12-24(30)13-7-21/h1-13,25-26H,14-19H2,(H,31,35)(H,32,34). The topological polar surface area (TPSA) is 61.4 Å². The molecule has 0 aromatic heterocycles. The summed E-state index contributed by atoms with van der Waals surface area (Å²) in [6.45, 7) is 2.43. The SMILES string of the molecule is O=C(NC(Cc1ccccc1)C(=O)NC1CCN(Cc2ccc(F)cc2)CC1)c1ccc(Cl)cc1. The fourth-order valence-corrected chi connectivity index (χ4v) is 4.41. The Morgan fingerprint density at radius 2 is 1.57 bits per heavy atom. The number of nitrogens with zero attached hydrogens (tertiary/aromatic N) is 1. The van der Waals surface area contributed by atoms with Crippen LogP contribution in [0.15, 0.2) is 78.9 Å². The van der Waals surface area contributed by atoms with Gasteiger partial charge in [0.05, 0.1) is 0 Å². The second kappa shape index (κ2) is 12.0. The molecule has 1 saturated heterocycles. The van der Waals surface area contributed by atoms with Gasteiger partial charge < -0.3 is 10.6 Å². The van der Waals surface area contributed by atoms with Crippen LogP contribution in [0.2, 0.25) is 5.02 Å². The first-order valence-corrected chi connectivity index (χ1v) is 12.2. The Hall–Kier alpha value is -3.22. The average Bonchev–Trinajstić information content (AvgIpc) is 2.87. The molecule has 0 radical (unpaired) electrons. The van der Waals surface area contributed by atoms with Crippen LogP contribution in [0, 0.1) is 5.82 Å². The lowest BCUT2D eigenvalue weighted by Gasteiger charge is -2.33. The number of carbonyl (C=O) groups is 2. The van der Waals surface area contributed by atoms with Crippen molar-refractivity contribution in [3.8, 4) is 0 Å². The number of carbonyl (C=O) groups excluding carboxylic acids is 2. The van der Waals surface area contributed by atoms with E-state index in [0.29, 0.717) is 17.0 Å². The number of amides is 2. The van der Waals surface area contributed by atoms with Crippen LogP contribution in [0.1, 0.15) is 34.3 Å². The van der Waals surface area contributed by atoms with Gasteiger partial charge in [0.1, 0.15) is 11.9 Å². The third kappa shape index (κ3) is 7.38. The van der Waals surface area contributed by atoms with E-state index in [4.69, 9.17) is 11.6 Å². The van der Waals surface area contributed by atoms with Crippen molar-refractivity contribution >= 4 is 23.4 Å². The van der Waals surface area contributed by atoms with Crippen molar-refractivity contribution in [3.63, 3.8) is 0 Å². The minimum atomic E-state index is -0.696. The number of rotatable bonds is 8. The van der Waals surface area contributed by atoms with E-state index in [9.17, 15) is 14.0 Å². The summed E-state index contributed by atoms with van der Waals surface area (Å²) in [4.78, 5) is 28.4. The van der Waals surface area contributed by atoms with Crippen molar-refractivity contribution in [1.29, 1.82) is 0 Å². The van der Waals surface area contributed by atoms with Gasteiger partial charge in [0.2, 0.25) is 5.91 Å².